The summed E-state index contributed by atoms with van der Waals surface area (Å²) in [6.45, 7) is 2.23. The van der Waals surface area contributed by atoms with Crippen molar-refractivity contribution in [2.24, 2.45) is 0 Å². The van der Waals surface area contributed by atoms with Gasteiger partial charge in [0.25, 0.3) is 0 Å². The summed E-state index contributed by atoms with van der Waals surface area (Å²) in [6, 6.07) is 3.77. The molecule has 1 atom stereocenters. The number of nitriles is 1. The number of nitrogens with zero attached hydrogens (tertiary/aromatic N) is 3. The molecule has 3 heterocycles. The Balaban J connectivity index is 1.56. The standard InChI is InChI=1S/C14H14N4O2S2/c15-7-10-1-5-21-13(10)17-12(19)9-18-3-4-20-11(8-18)14-16-2-6-22-14/h1-2,5-6,11H,3-4,8-9H2,(H,17,19). The first-order valence-corrected chi connectivity index (χ1v) is 8.53. The van der Waals surface area contributed by atoms with Crippen LogP contribution in [0.3, 0.4) is 0 Å². The van der Waals surface area contributed by atoms with E-state index in [0.29, 0.717) is 30.3 Å². The second kappa shape index (κ2) is 6.98. The van der Waals surface area contributed by atoms with Crippen LogP contribution in [0.4, 0.5) is 5.00 Å². The summed E-state index contributed by atoms with van der Waals surface area (Å²) in [5, 5.41) is 17.0. The van der Waals surface area contributed by atoms with Crippen molar-refractivity contribution < 1.29 is 9.53 Å². The zero-order valence-electron chi connectivity index (χ0n) is 11.7. The van der Waals surface area contributed by atoms with E-state index >= 15 is 0 Å². The molecule has 2 aromatic rings. The lowest BCUT2D eigenvalue weighted by Crippen LogP contribution is -2.42. The molecule has 1 fully saturated rings. The number of rotatable bonds is 4. The predicted octanol–water partition coefficient (Wildman–Crippen LogP) is 2.09. The summed E-state index contributed by atoms with van der Waals surface area (Å²) in [7, 11) is 0. The van der Waals surface area contributed by atoms with Crippen molar-refractivity contribution in [3.63, 3.8) is 0 Å². The number of carbonyl (C=O) groups excluding carboxylic acids is 1. The third-order valence-electron chi connectivity index (χ3n) is 3.28. The van der Waals surface area contributed by atoms with Crippen molar-refractivity contribution >= 4 is 33.6 Å². The SMILES string of the molecule is N#Cc1ccsc1NC(=O)CN1CCOC(c2nccs2)C1. The minimum Gasteiger partial charge on any atom is -0.368 e. The first-order valence-electron chi connectivity index (χ1n) is 6.77. The van der Waals surface area contributed by atoms with E-state index in [1.54, 1.807) is 29.0 Å². The molecule has 1 aliphatic heterocycles. The lowest BCUT2D eigenvalue weighted by atomic mass is 10.2. The Morgan fingerprint density at radius 3 is 3.23 bits per heavy atom. The van der Waals surface area contributed by atoms with Gasteiger partial charge in [0, 0.05) is 24.7 Å². The average Bonchev–Trinajstić information content (AvgIpc) is 3.18. The van der Waals surface area contributed by atoms with Crippen molar-refractivity contribution in [3.8, 4) is 6.07 Å². The van der Waals surface area contributed by atoms with Crippen LogP contribution in [0.1, 0.15) is 16.7 Å². The molecule has 114 valence electrons. The molecule has 1 aliphatic rings. The van der Waals surface area contributed by atoms with Gasteiger partial charge < -0.3 is 10.1 Å². The van der Waals surface area contributed by atoms with E-state index in [-0.39, 0.29) is 18.6 Å². The molecule has 0 radical (unpaired) electrons. The molecule has 0 aliphatic carbocycles. The molecular weight excluding hydrogens is 320 g/mol. The summed E-state index contributed by atoms with van der Waals surface area (Å²) in [6.07, 6.45) is 1.69. The molecule has 22 heavy (non-hydrogen) atoms. The van der Waals surface area contributed by atoms with Gasteiger partial charge in [-0.15, -0.1) is 22.7 Å². The van der Waals surface area contributed by atoms with Crippen LogP contribution in [-0.4, -0.2) is 42.0 Å². The molecule has 1 unspecified atom stereocenters. The van der Waals surface area contributed by atoms with Gasteiger partial charge in [0.05, 0.1) is 18.7 Å². The monoisotopic (exact) mass is 334 g/mol. The molecule has 1 amide bonds. The third kappa shape index (κ3) is 3.51. The van der Waals surface area contributed by atoms with E-state index in [1.165, 1.54) is 11.3 Å². The second-order valence-corrected chi connectivity index (χ2v) is 6.63. The minimum absolute atomic E-state index is 0.0713. The zero-order valence-corrected chi connectivity index (χ0v) is 13.3. The molecule has 3 rings (SSSR count). The van der Waals surface area contributed by atoms with Crippen LogP contribution < -0.4 is 5.32 Å². The summed E-state index contributed by atoms with van der Waals surface area (Å²) in [4.78, 5) is 18.4. The number of thiophene rings is 1. The number of thiazole rings is 1. The number of ether oxygens (including phenoxy) is 1. The van der Waals surface area contributed by atoms with E-state index in [2.05, 4.69) is 16.4 Å². The maximum atomic E-state index is 12.1. The maximum Gasteiger partial charge on any atom is 0.239 e. The van der Waals surface area contributed by atoms with E-state index in [1.807, 2.05) is 10.3 Å². The molecular formula is C14H14N4O2S2. The van der Waals surface area contributed by atoms with Gasteiger partial charge >= 0.3 is 0 Å². The van der Waals surface area contributed by atoms with Gasteiger partial charge in [0.15, 0.2) is 0 Å². The number of nitrogens with one attached hydrogen (secondary N) is 1. The first-order chi connectivity index (χ1) is 10.8. The van der Waals surface area contributed by atoms with Gasteiger partial charge in [-0.25, -0.2) is 4.98 Å². The second-order valence-electron chi connectivity index (χ2n) is 4.79. The Kier molecular flexibility index (Phi) is 4.80. The topological polar surface area (TPSA) is 78.2 Å². The number of carbonyl (C=O) groups is 1. The van der Waals surface area contributed by atoms with Crippen molar-refractivity contribution in [2.45, 2.75) is 6.10 Å². The number of aromatic nitrogens is 1. The van der Waals surface area contributed by atoms with Crippen molar-refractivity contribution in [2.75, 3.05) is 31.6 Å². The highest BCUT2D eigenvalue weighted by molar-refractivity contribution is 7.14. The number of hydrogen-bond donors (Lipinski definition) is 1. The zero-order chi connectivity index (χ0) is 15.4. The third-order valence-corrected chi connectivity index (χ3v) is 4.98. The highest BCUT2D eigenvalue weighted by Gasteiger charge is 2.25. The first kappa shape index (κ1) is 15.1. The Morgan fingerprint density at radius 2 is 2.45 bits per heavy atom. The molecule has 0 spiro atoms. The molecule has 0 bridgehead atoms. The Morgan fingerprint density at radius 1 is 1.55 bits per heavy atom. The lowest BCUT2D eigenvalue weighted by molar-refractivity contribution is -0.119. The van der Waals surface area contributed by atoms with Crippen LogP contribution in [-0.2, 0) is 9.53 Å². The van der Waals surface area contributed by atoms with Crippen LogP contribution in [0, 0.1) is 11.3 Å². The number of anilines is 1. The normalized spacial score (nSPS) is 18.8. The minimum atomic E-state index is -0.112. The number of morpholine rings is 1. The molecule has 1 N–H and O–H groups in total. The van der Waals surface area contributed by atoms with E-state index < -0.39 is 0 Å². The van der Waals surface area contributed by atoms with Crippen molar-refractivity contribution in [1.29, 1.82) is 5.26 Å². The van der Waals surface area contributed by atoms with Crippen LogP contribution in [0.5, 0.6) is 0 Å². The van der Waals surface area contributed by atoms with Crippen molar-refractivity contribution in [1.82, 2.24) is 9.88 Å². The number of amides is 1. The van der Waals surface area contributed by atoms with Crippen LogP contribution in [0.15, 0.2) is 23.0 Å². The summed E-state index contributed by atoms with van der Waals surface area (Å²) in [5.41, 5.74) is 0.501. The Bertz CT molecular complexity index is 677. The quantitative estimate of drug-likeness (QED) is 0.926. The molecule has 0 aromatic carbocycles. The average molecular weight is 334 g/mol. The Labute approximate surface area is 136 Å². The fourth-order valence-electron chi connectivity index (χ4n) is 2.25. The van der Waals surface area contributed by atoms with Gasteiger partial charge in [0.1, 0.15) is 22.2 Å². The summed E-state index contributed by atoms with van der Waals surface area (Å²) < 4.78 is 5.71. The lowest BCUT2D eigenvalue weighted by Gasteiger charge is -2.31. The Hall–Kier alpha value is -1.79. The smallest absolute Gasteiger partial charge is 0.239 e. The summed E-state index contributed by atoms with van der Waals surface area (Å²) in [5.74, 6) is -0.112. The molecule has 2 aromatic heterocycles. The highest BCUT2D eigenvalue weighted by atomic mass is 32.1. The van der Waals surface area contributed by atoms with E-state index in [9.17, 15) is 4.79 Å². The highest BCUT2D eigenvalue weighted by Crippen LogP contribution is 2.24. The van der Waals surface area contributed by atoms with Gasteiger partial charge in [-0.3, -0.25) is 9.69 Å². The molecule has 1 saturated heterocycles. The molecule has 0 saturated carbocycles. The number of hydrogen-bond acceptors (Lipinski definition) is 7. The van der Waals surface area contributed by atoms with E-state index in [4.69, 9.17) is 10.00 Å². The van der Waals surface area contributed by atoms with Crippen LogP contribution >= 0.6 is 22.7 Å². The van der Waals surface area contributed by atoms with Crippen LogP contribution in [0.25, 0.3) is 0 Å². The predicted molar refractivity (Wildman–Crippen MR) is 84.9 cm³/mol. The maximum absolute atomic E-state index is 12.1. The van der Waals surface area contributed by atoms with E-state index in [0.717, 1.165) is 5.01 Å². The van der Waals surface area contributed by atoms with Crippen molar-refractivity contribution in [3.05, 3.63) is 33.6 Å². The van der Waals surface area contributed by atoms with Gasteiger partial charge in [-0.05, 0) is 11.4 Å². The van der Waals surface area contributed by atoms with Gasteiger partial charge in [-0.1, -0.05) is 0 Å². The molecule has 8 heteroatoms. The fraction of sp³-hybridized carbons (Fsp3) is 0.357. The summed E-state index contributed by atoms with van der Waals surface area (Å²) >= 11 is 2.92. The largest absolute Gasteiger partial charge is 0.368 e. The molecule has 6 nitrogen and oxygen atoms in total. The van der Waals surface area contributed by atoms with Crippen LogP contribution in [0.2, 0.25) is 0 Å². The van der Waals surface area contributed by atoms with Gasteiger partial charge in [-0.2, -0.15) is 5.26 Å². The van der Waals surface area contributed by atoms with Gasteiger partial charge in [0.2, 0.25) is 5.91 Å². The fourth-order valence-corrected chi connectivity index (χ4v) is 3.68.